The van der Waals surface area contributed by atoms with Gasteiger partial charge in [0.25, 0.3) is 5.56 Å². The Labute approximate surface area is 130 Å². The van der Waals surface area contributed by atoms with Crippen molar-refractivity contribution in [2.45, 2.75) is 19.9 Å². The summed E-state index contributed by atoms with van der Waals surface area (Å²) in [7, 11) is 0. The first-order chi connectivity index (χ1) is 9.59. The van der Waals surface area contributed by atoms with Crippen LogP contribution in [0.25, 0.3) is 5.65 Å². The molecule has 0 aromatic carbocycles. The standard InChI is InChI=1S/C15H20N4O.ClH/c1-15(10-16)5-7-18(11-15)9-12-8-14(20)19-6-3-2-4-13(19)17-12;/h2-4,6,8H,5,7,9-11,16H2,1H3;1H. The first kappa shape index (κ1) is 15.9. The van der Waals surface area contributed by atoms with Crippen LogP contribution in [0.4, 0.5) is 0 Å². The van der Waals surface area contributed by atoms with Crippen LogP contribution in [0.1, 0.15) is 19.0 Å². The highest BCUT2D eigenvalue weighted by molar-refractivity contribution is 5.85. The maximum atomic E-state index is 12.0. The Morgan fingerprint density at radius 2 is 2.24 bits per heavy atom. The number of nitrogens with two attached hydrogens (primary N) is 1. The fourth-order valence-corrected chi connectivity index (χ4v) is 2.84. The molecule has 3 rings (SSSR count). The van der Waals surface area contributed by atoms with Crippen molar-refractivity contribution < 1.29 is 0 Å². The van der Waals surface area contributed by atoms with E-state index in [4.69, 9.17) is 5.73 Å². The molecule has 6 heteroatoms. The van der Waals surface area contributed by atoms with Gasteiger partial charge in [-0.2, -0.15) is 0 Å². The topological polar surface area (TPSA) is 63.6 Å². The molecule has 114 valence electrons. The Bertz CT molecular complexity index is 687. The van der Waals surface area contributed by atoms with E-state index in [0.29, 0.717) is 12.2 Å². The van der Waals surface area contributed by atoms with Crippen LogP contribution in [0.5, 0.6) is 0 Å². The number of aromatic nitrogens is 2. The lowest BCUT2D eigenvalue weighted by Gasteiger charge is -2.22. The quantitative estimate of drug-likeness (QED) is 0.928. The molecule has 0 radical (unpaired) electrons. The van der Waals surface area contributed by atoms with Crippen LogP contribution in [0.2, 0.25) is 0 Å². The molecule has 1 aliphatic heterocycles. The Hall–Kier alpha value is -1.43. The second kappa shape index (κ2) is 6.13. The summed E-state index contributed by atoms with van der Waals surface area (Å²) < 4.78 is 1.57. The van der Waals surface area contributed by atoms with E-state index in [0.717, 1.165) is 31.7 Å². The highest BCUT2D eigenvalue weighted by Gasteiger charge is 2.32. The molecule has 0 saturated carbocycles. The van der Waals surface area contributed by atoms with Crippen molar-refractivity contribution in [2.24, 2.45) is 11.1 Å². The van der Waals surface area contributed by atoms with Gasteiger partial charge < -0.3 is 5.73 Å². The van der Waals surface area contributed by atoms with Crippen LogP contribution >= 0.6 is 12.4 Å². The summed E-state index contributed by atoms with van der Waals surface area (Å²) in [5, 5.41) is 0. The molecule has 1 aliphatic rings. The Balaban J connectivity index is 0.00000161. The van der Waals surface area contributed by atoms with Crippen LogP contribution < -0.4 is 11.3 Å². The molecule has 0 aliphatic carbocycles. The Morgan fingerprint density at radius 3 is 2.95 bits per heavy atom. The molecule has 1 saturated heterocycles. The van der Waals surface area contributed by atoms with Gasteiger partial charge in [0.05, 0.1) is 5.69 Å². The van der Waals surface area contributed by atoms with Crippen molar-refractivity contribution >= 4 is 18.1 Å². The fourth-order valence-electron chi connectivity index (χ4n) is 2.84. The zero-order valence-electron chi connectivity index (χ0n) is 12.2. The van der Waals surface area contributed by atoms with Crippen LogP contribution in [0.15, 0.2) is 35.3 Å². The average molecular weight is 309 g/mol. The van der Waals surface area contributed by atoms with Gasteiger partial charge in [-0.3, -0.25) is 14.1 Å². The van der Waals surface area contributed by atoms with E-state index in [1.165, 1.54) is 0 Å². The van der Waals surface area contributed by atoms with Gasteiger partial charge in [-0.1, -0.05) is 13.0 Å². The van der Waals surface area contributed by atoms with Gasteiger partial charge in [0, 0.05) is 25.4 Å². The van der Waals surface area contributed by atoms with E-state index in [1.54, 1.807) is 16.7 Å². The molecule has 0 spiro atoms. The maximum Gasteiger partial charge on any atom is 0.258 e. The smallest absolute Gasteiger partial charge is 0.258 e. The van der Waals surface area contributed by atoms with Crippen molar-refractivity contribution in [1.29, 1.82) is 0 Å². The summed E-state index contributed by atoms with van der Waals surface area (Å²) in [6.07, 6.45) is 2.85. The highest BCUT2D eigenvalue weighted by atomic mass is 35.5. The van der Waals surface area contributed by atoms with E-state index in [2.05, 4.69) is 16.8 Å². The monoisotopic (exact) mass is 308 g/mol. The molecule has 21 heavy (non-hydrogen) atoms. The molecule has 2 aromatic rings. The van der Waals surface area contributed by atoms with Crippen LogP contribution in [0, 0.1) is 5.41 Å². The summed E-state index contributed by atoms with van der Waals surface area (Å²) in [5.41, 5.74) is 7.55. The molecule has 0 bridgehead atoms. The van der Waals surface area contributed by atoms with Gasteiger partial charge in [0.15, 0.2) is 0 Å². The molecule has 2 aromatic heterocycles. The third kappa shape index (κ3) is 3.26. The molecule has 0 amide bonds. The second-order valence-corrected chi connectivity index (χ2v) is 5.99. The molecule has 1 fully saturated rings. The average Bonchev–Trinajstić information content (AvgIpc) is 2.81. The van der Waals surface area contributed by atoms with Gasteiger partial charge in [-0.05, 0) is 37.1 Å². The summed E-state index contributed by atoms with van der Waals surface area (Å²) in [6.45, 7) is 5.63. The summed E-state index contributed by atoms with van der Waals surface area (Å²) in [5.74, 6) is 0. The number of halogens is 1. The number of hydrogen-bond acceptors (Lipinski definition) is 4. The van der Waals surface area contributed by atoms with Crippen LogP contribution in [-0.2, 0) is 6.54 Å². The summed E-state index contributed by atoms with van der Waals surface area (Å²) >= 11 is 0. The lowest BCUT2D eigenvalue weighted by molar-refractivity contribution is 0.272. The maximum absolute atomic E-state index is 12.0. The molecular weight excluding hydrogens is 288 g/mol. The van der Waals surface area contributed by atoms with Gasteiger partial charge in [0.2, 0.25) is 0 Å². The van der Waals surface area contributed by atoms with E-state index in [1.807, 2.05) is 18.2 Å². The van der Waals surface area contributed by atoms with E-state index in [-0.39, 0.29) is 23.4 Å². The van der Waals surface area contributed by atoms with Gasteiger partial charge in [-0.25, -0.2) is 4.98 Å². The molecular formula is C15H21ClN4O. The largest absolute Gasteiger partial charge is 0.330 e. The Kier molecular flexibility index (Phi) is 4.66. The Morgan fingerprint density at radius 1 is 1.43 bits per heavy atom. The third-order valence-electron chi connectivity index (χ3n) is 4.14. The highest BCUT2D eigenvalue weighted by Crippen LogP contribution is 2.29. The molecule has 1 atom stereocenters. The molecule has 3 heterocycles. The molecule has 5 nitrogen and oxygen atoms in total. The van der Waals surface area contributed by atoms with E-state index in [9.17, 15) is 4.79 Å². The minimum Gasteiger partial charge on any atom is -0.330 e. The summed E-state index contributed by atoms with van der Waals surface area (Å²) in [4.78, 5) is 18.9. The zero-order chi connectivity index (χ0) is 14.2. The summed E-state index contributed by atoms with van der Waals surface area (Å²) in [6, 6.07) is 7.22. The predicted molar refractivity (Wildman–Crippen MR) is 85.8 cm³/mol. The fraction of sp³-hybridized carbons (Fsp3) is 0.467. The first-order valence-corrected chi connectivity index (χ1v) is 6.99. The predicted octanol–water partition coefficient (Wildman–Crippen LogP) is 1.29. The number of fused-ring (bicyclic) bond motifs is 1. The van der Waals surface area contributed by atoms with E-state index < -0.39 is 0 Å². The van der Waals surface area contributed by atoms with Crippen molar-refractivity contribution in [3.05, 3.63) is 46.5 Å². The number of nitrogens with zero attached hydrogens (tertiary/aromatic N) is 3. The normalized spacial score (nSPS) is 22.4. The van der Waals surface area contributed by atoms with Crippen molar-refractivity contribution in [3.63, 3.8) is 0 Å². The minimum atomic E-state index is -0.0219. The lowest BCUT2D eigenvalue weighted by atomic mass is 9.90. The number of rotatable bonds is 3. The SMILES string of the molecule is CC1(CN)CCN(Cc2cc(=O)n3ccccc3n2)C1.Cl. The van der Waals surface area contributed by atoms with Crippen LogP contribution in [0.3, 0.4) is 0 Å². The number of likely N-dealkylation sites (tertiary alicyclic amines) is 1. The van der Waals surface area contributed by atoms with Gasteiger partial charge in [-0.15, -0.1) is 12.4 Å². The second-order valence-electron chi connectivity index (χ2n) is 5.99. The van der Waals surface area contributed by atoms with E-state index >= 15 is 0 Å². The van der Waals surface area contributed by atoms with Crippen molar-refractivity contribution in [2.75, 3.05) is 19.6 Å². The number of hydrogen-bond donors (Lipinski definition) is 1. The van der Waals surface area contributed by atoms with Crippen molar-refractivity contribution in [1.82, 2.24) is 14.3 Å². The zero-order valence-corrected chi connectivity index (χ0v) is 13.0. The minimum absolute atomic E-state index is 0. The molecule has 2 N–H and O–H groups in total. The lowest BCUT2D eigenvalue weighted by Crippen LogP contribution is -2.31. The van der Waals surface area contributed by atoms with Crippen molar-refractivity contribution in [3.8, 4) is 0 Å². The third-order valence-corrected chi connectivity index (χ3v) is 4.14. The van der Waals surface area contributed by atoms with Gasteiger partial charge in [0.1, 0.15) is 5.65 Å². The van der Waals surface area contributed by atoms with Crippen LogP contribution in [-0.4, -0.2) is 33.9 Å². The van der Waals surface area contributed by atoms with Gasteiger partial charge >= 0.3 is 0 Å². The number of pyridine rings is 1. The molecule has 1 unspecified atom stereocenters. The first-order valence-electron chi connectivity index (χ1n) is 6.99.